The van der Waals surface area contributed by atoms with E-state index < -0.39 is 0 Å². The van der Waals surface area contributed by atoms with E-state index in [1.165, 1.54) is 31.7 Å². The van der Waals surface area contributed by atoms with Crippen molar-refractivity contribution >= 4 is 23.5 Å². The van der Waals surface area contributed by atoms with Crippen LogP contribution in [0.5, 0.6) is 11.8 Å². The molecule has 0 aliphatic carbocycles. The van der Waals surface area contributed by atoms with Crippen LogP contribution in [0.3, 0.4) is 0 Å². The zero-order valence-electron chi connectivity index (χ0n) is 17.0. The summed E-state index contributed by atoms with van der Waals surface area (Å²) < 4.78 is 11.0. The van der Waals surface area contributed by atoms with E-state index in [0.717, 1.165) is 0 Å². The fourth-order valence-electron chi connectivity index (χ4n) is 2.29. The number of hydrogen-bond donors (Lipinski definition) is 2. The maximum absolute atomic E-state index is 12.3. The van der Waals surface area contributed by atoms with Crippen molar-refractivity contribution in [1.82, 2.24) is 19.9 Å². The number of aromatic nitrogens is 4. The van der Waals surface area contributed by atoms with Crippen molar-refractivity contribution in [2.24, 2.45) is 5.92 Å². The van der Waals surface area contributed by atoms with E-state index >= 15 is 0 Å². The smallest absolute Gasteiger partial charge is 0.234 e. The van der Waals surface area contributed by atoms with Crippen molar-refractivity contribution in [3.63, 3.8) is 0 Å². The summed E-state index contributed by atoms with van der Waals surface area (Å²) in [5.74, 6) is 0.832. The molecule has 0 fully saturated rings. The molecule has 156 valence electrons. The Bertz CT molecular complexity index is 813. The molecule has 2 aromatic heterocycles. The Morgan fingerprint density at radius 3 is 2.45 bits per heavy atom. The molecule has 0 spiro atoms. The zero-order chi connectivity index (χ0) is 21.2. The van der Waals surface area contributed by atoms with Crippen LogP contribution in [-0.4, -0.2) is 44.5 Å². The molecular weight excluding hydrogens is 376 g/mol. The van der Waals surface area contributed by atoms with E-state index in [4.69, 9.17) is 9.47 Å². The standard InChI is InChI=1S/C19H26N6O4/c1-12(2)29-18-10-20-8-16(24-18)25-19(27)13(3)6-5-7-28-17-11-21-15(9-22-17)23-14(4)26/h8-13H,5-7H2,1-4H3,(H,21,23,26)(H,24,25,27). The molecule has 0 bridgehead atoms. The molecule has 10 nitrogen and oxygen atoms in total. The lowest BCUT2D eigenvalue weighted by Crippen LogP contribution is -2.22. The molecule has 2 amide bonds. The number of rotatable bonds is 10. The zero-order valence-corrected chi connectivity index (χ0v) is 17.0. The average molecular weight is 402 g/mol. The highest BCUT2D eigenvalue weighted by atomic mass is 16.5. The normalized spacial score (nSPS) is 11.6. The number of ether oxygens (including phenoxy) is 2. The van der Waals surface area contributed by atoms with Crippen LogP contribution in [0.1, 0.15) is 40.5 Å². The number of nitrogens with one attached hydrogen (secondary N) is 2. The number of anilines is 2. The second-order valence-corrected chi connectivity index (χ2v) is 6.71. The Morgan fingerprint density at radius 1 is 1.00 bits per heavy atom. The van der Waals surface area contributed by atoms with Gasteiger partial charge in [-0.25, -0.2) is 9.97 Å². The first-order valence-corrected chi connectivity index (χ1v) is 9.35. The van der Waals surface area contributed by atoms with Crippen LogP contribution in [0.2, 0.25) is 0 Å². The van der Waals surface area contributed by atoms with Gasteiger partial charge in [-0.3, -0.25) is 14.6 Å². The summed E-state index contributed by atoms with van der Waals surface area (Å²) in [5, 5.41) is 5.27. The molecule has 1 atom stereocenters. The molecule has 2 heterocycles. The maximum Gasteiger partial charge on any atom is 0.234 e. The van der Waals surface area contributed by atoms with Crippen molar-refractivity contribution in [2.75, 3.05) is 17.2 Å². The highest BCUT2D eigenvalue weighted by Crippen LogP contribution is 2.14. The van der Waals surface area contributed by atoms with Gasteiger partial charge in [-0.2, -0.15) is 4.98 Å². The fraction of sp³-hybridized carbons (Fsp3) is 0.474. The molecule has 10 heteroatoms. The van der Waals surface area contributed by atoms with Gasteiger partial charge < -0.3 is 20.1 Å². The summed E-state index contributed by atoms with van der Waals surface area (Å²) in [6, 6.07) is 0. The van der Waals surface area contributed by atoms with E-state index in [1.54, 1.807) is 0 Å². The Balaban J connectivity index is 1.72. The summed E-state index contributed by atoms with van der Waals surface area (Å²) in [4.78, 5) is 39.6. The predicted octanol–water partition coefficient (Wildman–Crippen LogP) is 2.45. The first-order chi connectivity index (χ1) is 13.8. The van der Waals surface area contributed by atoms with Gasteiger partial charge in [-0.05, 0) is 26.7 Å². The van der Waals surface area contributed by atoms with E-state index in [2.05, 4.69) is 30.6 Å². The van der Waals surface area contributed by atoms with Gasteiger partial charge in [0.05, 0.1) is 37.5 Å². The minimum atomic E-state index is -0.233. The predicted molar refractivity (Wildman–Crippen MR) is 107 cm³/mol. The van der Waals surface area contributed by atoms with Gasteiger partial charge in [-0.1, -0.05) is 6.92 Å². The minimum absolute atomic E-state index is 0.0273. The summed E-state index contributed by atoms with van der Waals surface area (Å²) >= 11 is 0. The molecule has 2 rings (SSSR count). The molecule has 2 N–H and O–H groups in total. The van der Waals surface area contributed by atoms with Crippen LogP contribution >= 0.6 is 0 Å². The van der Waals surface area contributed by atoms with Gasteiger partial charge in [0.15, 0.2) is 11.6 Å². The second kappa shape index (κ2) is 10.9. The average Bonchev–Trinajstić information content (AvgIpc) is 2.65. The third kappa shape index (κ3) is 8.08. The third-order valence-corrected chi connectivity index (χ3v) is 3.63. The number of nitrogens with zero attached hydrogens (tertiary/aromatic N) is 4. The van der Waals surface area contributed by atoms with Crippen molar-refractivity contribution in [3.05, 3.63) is 24.8 Å². The number of carbonyl (C=O) groups is 2. The van der Waals surface area contributed by atoms with Gasteiger partial charge >= 0.3 is 0 Å². The third-order valence-electron chi connectivity index (χ3n) is 3.63. The van der Waals surface area contributed by atoms with Gasteiger partial charge in [0.25, 0.3) is 0 Å². The molecule has 0 aliphatic heterocycles. The Morgan fingerprint density at radius 2 is 1.79 bits per heavy atom. The SMILES string of the molecule is CC(=O)Nc1cnc(OCCCC(C)C(=O)Nc2cncc(OC(C)C)n2)cn1. The lowest BCUT2D eigenvalue weighted by Gasteiger charge is -2.13. The molecule has 0 saturated heterocycles. The first kappa shape index (κ1) is 22.0. The Hall–Kier alpha value is -3.30. The maximum atomic E-state index is 12.3. The topological polar surface area (TPSA) is 128 Å². The van der Waals surface area contributed by atoms with Crippen LogP contribution in [0, 0.1) is 5.92 Å². The molecule has 0 saturated carbocycles. The Labute approximate surface area is 169 Å². The van der Waals surface area contributed by atoms with Crippen LogP contribution in [0.4, 0.5) is 11.6 Å². The monoisotopic (exact) mass is 402 g/mol. The van der Waals surface area contributed by atoms with Crippen molar-refractivity contribution < 1.29 is 19.1 Å². The lowest BCUT2D eigenvalue weighted by molar-refractivity contribution is -0.119. The van der Waals surface area contributed by atoms with Crippen LogP contribution in [0.15, 0.2) is 24.8 Å². The summed E-state index contributed by atoms with van der Waals surface area (Å²) in [6.45, 7) is 7.40. The van der Waals surface area contributed by atoms with Crippen molar-refractivity contribution in [2.45, 2.75) is 46.6 Å². The number of carbonyl (C=O) groups excluding carboxylic acids is 2. The molecule has 1 unspecified atom stereocenters. The van der Waals surface area contributed by atoms with Crippen molar-refractivity contribution in [1.29, 1.82) is 0 Å². The van der Waals surface area contributed by atoms with Crippen LogP contribution in [0.25, 0.3) is 0 Å². The van der Waals surface area contributed by atoms with E-state index in [9.17, 15) is 9.59 Å². The number of hydrogen-bond acceptors (Lipinski definition) is 8. The van der Waals surface area contributed by atoms with E-state index in [1.807, 2.05) is 20.8 Å². The van der Waals surface area contributed by atoms with Gasteiger partial charge in [0, 0.05) is 12.8 Å². The molecular formula is C19H26N6O4. The lowest BCUT2D eigenvalue weighted by atomic mass is 10.1. The second-order valence-electron chi connectivity index (χ2n) is 6.71. The fourth-order valence-corrected chi connectivity index (χ4v) is 2.29. The van der Waals surface area contributed by atoms with E-state index in [0.29, 0.717) is 42.8 Å². The Kier molecular flexibility index (Phi) is 8.26. The van der Waals surface area contributed by atoms with Crippen LogP contribution in [-0.2, 0) is 9.59 Å². The molecule has 0 radical (unpaired) electrons. The summed E-state index contributed by atoms with van der Waals surface area (Å²) in [6.07, 6.45) is 7.09. The molecule has 29 heavy (non-hydrogen) atoms. The minimum Gasteiger partial charge on any atom is -0.477 e. The van der Waals surface area contributed by atoms with Gasteiger partial charge in [0.1, 0.15) is 0 Å². The van der Waals surface area contributed by atoms with Crippen molar-refractivity contribution in [3.8, 4) is 11.8 Å². The largest absolute Gasteiger partial charge is 0.477 e. The summed E-state index contributed by atoms with van der Waals surface area (Å²) in [5.41, 5.74) is 0. The molecule has 0 aliphatic rings. The number of amides is 2. The highest BCUT2D eigenvalue weighted by molar-refractivity contribution is 5.91. The van der Waals surface area contributed by atoms with Crippen LogP contribution < -0.4 is 20.1 Å². The molecule has 2 aromatic rings. The summed E-state index contributed by atoms with van der Waals surface area (Å²) in [7, 11) is 0. The quantitative estimate of drug-likeness (QED) is 0.580. The first-order valence-electron chi connectivity index (χ1n) is 9.35. The highest BCUT2D eigenvalue weighted by Gasteiger charge is 2.14. The molecule has 0 aromatic carbocycles. The van der Waals surface area contributed by atoms with Gasteiger partial charge in [-0.15, -0.1) is 0 Å². The van der Waals surface area contributed by atoms with E-state index in [-0.39, 0.29) is 23.8 Å². The van der Waals surface area contributed by atoms with Gasteiger partial charge in [0.2, 0.25) is 23.6 Å².